The van der Waals surface area contributed by atoms with Crippen LogP contribution in [0.5, 0.6) is 0 Å². The van der Waals surface area contributed by atoms with Crippen molar-refractivity contribution in [2.45, 2.75) is 121 Å². The second kappa shape index (κ2) is 8.09. The molecular formula is C27H44O7. The lowest BCUT2D eigenvalue weighted by Gasteiger charge is -2.60. The predicted molar refractivity (Wildman–Crippen MR) is 127 cm³/mol. The number of rotatable bonds is 5. The molecule has 7 nitrogen and oxygen atoms in total. The number of allylic oxidation sites excluding steroid dienone is 1. The van der Waals surface area contributed by atoms with Crippen molar-refractivity contribution >= 4 is 5.78 Å². The first-order valence-corrected chi connectivity index (χ1v) is 12.9. The van der Waals surface area contributed by atoms with Gasteiger partial charge in [0.25, 0.3) is 0 Å². The van der Waals surface area contributed by atoms with E-state index in [-0.39, 0.29) is 36.4 Å². The van der Waals surface area contributed by atoms with Crippen LogP contribution in [0.15, 0.2) is 11.6 Å². The number of hydrogen-bond acceptors (Lipinski definition) is 7. The number of carbonyl (C=O) groups excluding carboxylic acids is 1. The largest absolute Gasteiger partial charge is 0.390 e. The Morgan fingerprint density at radius 2 is 1.71 bits per heavy atom. The van der Waals surface area contributed by atoms with Gasteiger partial charge in [-0.15, -0.1) is 0 Å². The van der Waals surface area contributed by atoms with E-state index >= 15 is 0 Å². The zero-order valence-electron chi connectivity index (χ0n) is 21.3. The number of aliphatic hydroxyl groups excluding tert-OH is 3. The molecule has 0 heterocycles. The van der Waals surface area contributed by atoms with Crippen molar-refractivity contribution in [1.82, 2.24) is 0 Å². The van der Waals surface area contributed by atoms with Gasteiger partial charge in [0.1, 0.15) is 0 Å². The molecule has 4 rings (SSSR count). The first-order valence-electron chi connectivity index (χ1n) is 12.9. The second-order valence-corrected chi connectivity index (χ2v) is 13.2. The first kappa shape index (κ1) is 26.2. The summed E-state index contributed by atoms with van der Waals surface area (Å²) >= 11 is 0. The minimum absolute atomic E-state index is 0.0840. The summed E-state index contributed by atoms with van der Waals surface area (Å²) in [5.74, 6) is -0.948. The number of aliphatic hydroxyl groups is 6. The lowest BCUT2D eigenvalue weighted by molar-refractivity contribution is -0.177. The third-order valence-corrected chi connectivity index (χ3v) is 10.5. The maximum absolute atomic E-state index is 13.2. The fourth-order valence-corrected chi connectivity index (χ4v) is 8.32. The van der Waals surface area contributed by atoms with Gasteiger partial charge in [-0.3, -0.25) is 4.79 Å². The summed E-state index contributed by atoms with van der Waals surface area (Å²) in [5.41, 5.74) is -4.27. The molecule has 7 heteroatoms. The molecule has 194 valence electrons. The molecule has 0 bridgehead atoms. The molecule has 0 aromatic carbocycles. The summed E-state index contributed by atoms with van der Waals surface area (Å²) in [4.78, 5) is 13.2. The second-order valence-electron chi connectivity index (χ2n) is 13.2. The summed E-state index contributed by atoms with van der Waals surface area (Å²) < 4.78 is 0. The Morgan fingerprint density at radius 1 is 1.06 bits per heavy atom. The third-order valence-electron chi connectivity index (χ3n) is 10.5. The summed E-state index contributed by atoms with van der Waals surface area (Å²) in [6.07, 6.45) is 2.11. The van der Waals surface area contributed by atoms with Crippen LogP contribution >= 0.6 is 0 Å². The normalized spacial score (nSPS) is 47.2. The maximum atomic E-state index is 13.2. The first-order chi connectivity index (χ1) is 15.5. The molecule has 4 aliphatic rings. The average Bonchev–Trinajstić information content (AvgIpc) is 3.00. The molecule has 7 unspecified atom stereocenters. The van der Waals surface area contributed by atoms with Gasteiger partial charge < -0.3 is 30.6 Å². The van der Waals surface area contributed by atoms with E-state index in [9.17, 15) is 35.4 Å². The Kier molecular flexibility index (Phi) is 6.24. The van der Waals surface area contributed by atoms with Crippen LogP contribution < -0.4 is 0 Å². The highest BCUT2D eigenvalue weighted by molar-refractivity contribution is 5.95. The molecule has 0 spiro atoms. The molecule has 0 radical (unpaired) electrons. The molecule has 0 amide bonds. The van der Waals surface area contributed by atoms with Gasteiger partial charge in [-0.1, -0.05) is 13.8 Å². The summed E-state index contributed by atoms with van der Waals surface area (Å²) in [6.45, 7) is 8.96. The third kappa shape index (κ3) is 3.73. The number of hydrogen-bond donors (Lipinski definition) is 6. The van der Waals surface area contributed by atoms with Crippen LogP contribution in [0, 0.1) is 28.6 Å². The Bertz CT molecular complexity index is 860. The van der Waals surface area contributed by atoms with Gasteiger partial charge in [-0.25, -0.2) is 0 Å². The van der Waals surface area contributed by atoms with Gasteiger partial charge >= 0.3 is 0 Å². The van der Waals surface area contributed by atoms with Crippen molar-refractivity contribution in [3.05, 3.63) is 11.6 Å². The maximum Gasteiger partial charge on any atom is 0.159 e. The molecule has 34 heavy (non-hydrogen) atoms. The minimum atomic E-state index is -1.46. The van der Waals surface area contributed by atoms with Crippen molar-refractivity contribution in [2.24, 2.45) is 28.6 Å². The molecule has 10 atom stereocenters. The van der Waals surface area contributed by atoms with Gasteiger partial charge in [0.2, 0.25) is 0 Å². The molecule has 3 fully saturated rings. The molecule has 6 N–H and O–H groups in total. The number of fused-ring (bicyclic) bond motifs is 5. The van der Waals surface area contributed by atoms with Crippen LogP contribution in [0.2, 0.25) is 0 Å². The molecule has 0 saturated heterocycles. The SMILES string of the molecule is CC(C)(O)CCC(O)C(C)(O)C1CCC2(O)C3=CC(=O)[C@@H]4C[C@@H](O)[C@@H](O)CC4(C)C3CCC12C. The van der Waals surface area contributed by atoms with E-state index in [1.54, 1.807) is 26.8 Å². The van der Waals surface area contributed by atoms with E-state index < -0.39 is 45.9 Å². The van der Waals surface area contributed by atoms with Crippen LogP contribution in [0.25, 0.3) is 0 Å². The van der Waals surface area contributed by atoms with Gasteiger partial charge in [0.15, 0.2) is 5.78 Å². The minimum Gasteiger partial charge on any atom is -0.390 e. The van der Waals surface area contributed by atoms with E-state index in [2.05, 4.69) is 0 Å². The summed E-state index contributed by atoms with van der Waals surface area (Å²) in [7, 11) is 0. The molecule has 4 aliphatic carbocycles. The predicted octanol–water partition coefficient (Wildman–Crippen LogP) is 1.85. The smallest absolute Gasteiger partial charge is 0.159 e. The lowest BCUT2D eigenvalue weighted by Crippen LogP contribution is -2.62. The van der Waals surface area contributed by atoms with Crippen molar-refractivity contribution in [3.63, 3.8) is 0 Å². The zero-order chi connectivity index (χ0) is 25.5. The van der Waals surface area contributed by atoms with Gasteiger partial charge in [-0.2, -0.15) is 0 Å². The van der Waals surface area contributed by atoms with E-state index in [4.69, 9.17) is 0 Å². The van der Waals surface area contributed by atoms with Crippen LogP contribution in [0.3, 0.4) is 0 Å². The van der Waals surface area contributed by atoms with E-state index in [1.807, 2.05) is 13.8 Å². The molecule has 0 aliphatic heterocycles. The molecule has 0 aromatic heterocycles. The summed E-state index contributed by atoms with van der Waals surface area (Å²) in [6, 6.07) is 0. The van der Waals surface area contributed by atoms with E-state index in [0.29, 0.717) is 44.1 Å². The van der Waals surface area contributed by atoms with Crippen LogP contribution in [-0.4, -0.2) is 71.5 Å². The highest BCUT2D eigenvalue weighted by Crippen LogP contribution is 2.68. The van der Waals surface area contributed by atoms with Crippen molar-refractivity contribution in [2.75, 3.05) is 0 Å². The van der Waals surface area contributed by atoms with Crippen LogP contribution in [0.4, 0.5) is 0 Å². The molecule has 3 saturated carbocycles. The Hall–Kier alpha value is -0.830. The highest BCUT2D eigenvalue weighted by Gasteiger charge is 2.69. The number of carbonyl (C=O) groups is 1. The molecular weight excluding hydrogens is 436 g/mol. The molecule has 0 aromatic rings. The van der Waals surface area contributed by atoms with Crippen molar-refractivity contribution in [3.8, 4) is 0 Å². The quantitative estimate of drug-likeness (QED) is 0.353. The van der Waals surface area contributed by atoms with E-state index in [1.165, 1.54) is 0 Å². The van der Waals surface area contributed by atoms with Crippen molar-refractivity contribution in [1.29, 1.82) is 0 Å². The van der Waals surface area contributed by atoms with Gasteiger partial charge in [0.05, 0.1) is 35.1 Å². The topological polar surface area (TPSA) is 138 Å². The van der Waals surface area contributed by atoms with Gasteiger partial charge in [-0.05, 0) is 101 Å². The lowest BCUT2D eigenvalue weighted by atomic mass is 9.45. The van der Waals surface area contributed by atoms with Crippen LogP contribution in [0.1, 0.15) is 86.0 Å². The van der Waals surface area contributed by atoms with E-state index in [0.717, 1.165) is 0 Å². The fourth-order valence-electron chi connectivity index (χ4n) is 8.32. The van der Waals surface area contributed by atoms with Gasteiger partial charge in [0, 0.05) is 11.3 Å². The monoisotopic (exact) mass is 480 g/mol. The van der Waals surface area contributed by atoms with Crippen LogP contribution in [-0.2, 0) is 4.79 Å². The standard InChI is InChI=1S/C27H44O7/c1-23(2,32)9-8-22(31)26(5,33)21-7-11-27(34)16-12-18(28)17-13-19(29)20(30)14-24(17,3)15(16)6-10-25(21,27)4/h12,15,17,19-22,29-34H,6-11,13-14H2,1-5H3/t15?,17-,19+,20-,21?,22?,24?,25?,26?,27?/m0/s1. The Balaban J connectivity index is 1.66. The zero-order valence-corrected chi connectivity index (χ0v) is 21.3. The highest BCUT2D eigenvalue weighted by atomic mass is 16.3. The van der Waals surface area contributed by atoms with Crippen molar-refractivity contribution < 1.29 is 35.4 Å². The average molecular weight is 481 g/mol. The Morgan fingerprint density at radius 3 is 2.32 bits per heavy atom. The summed E-state index contributed by atoms with van der Waals surface area (Å²) in [5, 5.41) is 65.5. The Labute approximate surface area is 202 Å². The number of ketones is 1. The fraction of sp³-hybridized carbons (Fsp3) is 0.889.